The number of nitrogens with zero attached hydrogens (tertiary/aromatic N) is 3. The average Bonchev–Trinajstić information content (AvgIpc) is 2.96. The molecule has 8 heteroatoms. The van der Waals surface area contributed by atoms with Gasteiger partial charge in [0.2, 0.25) is 0 Å². The van der Waals surface area contributed by atoms with Crippen LogP contribution in [0.2, 0.25) is 0 Å². The van der Waals surface area contributed by atoms with E-state index in [2.05, 4.69) is 21.9 Å². The first kappa shape index (κ1) is 19.8. The highest BCUT2D eigenvalue weighted by molar-refractivity contribution is 5.68. The fraction of sp³-hybridized carbons (Fsp3) is 0.500. The first-order valence-corrected chi connectivity index (χ1v) is 8.39. The maximum atomic E-state index is 12.0. The van der Waals surface area contributed by atoms with Crippen LogP contribution in [0.1, 0.15) is 37.4 Å². The molecule has 0 spiro atoms. The number of amides is 1. The Morgan fingerprint density at radius 1 is 1.54 bits per heavy atom. The number of carbonyl (C=O) groups excluding carboxylic acids is 1. The van der Waals surface area contributed by atoms with Crippen molar-refractivity contribution in [3.8, 4) is 0 Å². The third-order valence-corrected chi connectivity index (χ3v) is 3.89. The summed E-state index contributed by atoms with van der Waals surface area (Å²) in [7, 11) is 0. The molecule has 1 aromatic rings. The third-order valence-electron chi connectivity index (χ3n) is 3.89. The van der Waals surface area contributed by atoms with Gasteiger partial charge in [-0.05, 0) is 30.5 Å². The molecular weight excluding hydrogens is 336 g/mol. The Balaban J connectivity index is 2.09. The molecule has 0 unspecified atom stereocenters. The zero-order valence-corrected chi connectivity index (χ0v) is 15.1. The van der Waals surface area contributed by atoms with E-state index < -0.39 is 11.9 Å². The van der Waals surface area contributed by atoms with Gasteiger partial charge in [0.05, 0.1) is 25.3 Å². The number of hydrogen-bond acceptors (Lipinski definition) is 5. The zero-order chi connectivity index (χ0) is 19.0. The highest BCUT2D eigenvalue weighted by Gasteiger charge is 2.34. The van der Waals surface area contributed by atoms with Gasteiger partial charge in [-0.25, -0.2) is 4.79 Å². The number of azide groups is 1. The molecule has 1 heterocycles. The summed E-state index contributed by atoms with van der Waals surface area (Å²) in [6.45, 7) is 8.13. The van der Waals surface area contributed by atoms with Crippen molar-refractivity contribution in [1.82, 2.24) is 5.32 Å². The van der Waals surface area contributed by atoms with Crippen LogP contribution in [0.15, 0.2) is 42.0 Å². The topological polar surface area (TPSA) is 106 Å². The van der Waals surface area contributed by atoms with Crippen LogP contribution in [0.5, 0.6) is 0 Å². The van der Waals surface area contributed by atoms with Crippen LogP contribution in [0, 0.1) is 0 Å². The predicted octanol–water partition coefficient (Wildman–Crippen LogP) is 3.99. The van der Waals surface area contributed by atoms with E-state index in [1.807, 2.05) is 38.1 Å². The van der Waals surface area contributed by atoms with Crippen molar-refractivity contribution in [2.75, 3.05) is 13.2 Å². The number of rotatable bonds is 8. The van der Waals surface area contributed by atoms with Crippen molar-refractivity contribution in [3.05, 3.63) is 58.5 Å². The number of ether oxygens (including phenoxy) is 3. The minimum Gasteiger partial charge on any atom is -0.445 e. The van der Waals surface area contributed by atoms with Gasteiger partial charge >= 0.3 is 6.09 Å². The number of nitrogens with one attached hydrogen (secondary N) is 1. The second-order valence-corrected chi connectivity index (χ2v) is 6.40. The van der Waals surface area contributed by atoms with E-state index in [0.29, 0.717) is 13.0 Å². The van der Waals surface area contributed by atoms with Crippen LogP contribution in [0.3, 0.4) is 0 Å². The van der Waals surface area contributed by atoms with E-state index in [1.165, 1.54) is 6.08 Å². The molecule has 0 bridgehead atoms. The average molecular weight is 360 g/mol. The van der Waals surface area contributed by atoms with Gasteiger partial charge in [0, 0.05) is 11.3 Å². The number of hydrogen-bond donors (Lipinski definition) is 1. The van der Waals surface area contributed by atoms with Gasteiger partial charge in [-0.2, -0.15) is 0 Å². The summed E-state index contributed by atoms with van der Waals surface area (Å²) < 4.78 is 16.5. The van der Waals surface area contributed by atoms with Crippen molar-refractivity contribution < 1.29 is 19.0 Å². The van der Waals surface area contributed by atoms with Crippen molar-refractivity contribution in [2.24, 2.45) is 5.11 Å². The van der Waals surface area contributed by atoms with E-state index in [4.69, 9.17) is 19.7 Å². The Kier molecular flexibility index (Phi) is 7.03. The molecule has 2 atom stereocenters. The molecule has 8 nitrogen and oxygen atoms in total. The van der Waals surface area contributed by atoms with Crippen molar-refractivity contribution >= 4 is 6.09 Å². The molecule has 1 aromatic carbocycles. The van der Waals surface area contributed by atoms with Crippen LogP contribution < -0.4 is 5.32 Å². The second-order valence-electron chi connectivity index (χ2n) is 6.40. The summed E-state index contributed by atoms with van der Waals surface area (Å²) in [5.41, 5.74) is 10.2. The second kappa shape index (κ2) is 9.24. The van der Waals surface area contributed by atoms with Crippen molar-refractivity contribution in [1.29, 1.82) is 0 Å². The molecule has 0 saturated carbocycles. The van der Waals surface area contributed by atoms with E-state index in [9.17, 15) is 4.79 Å². The molecular formula is C18H24N4O4. The third kappa shape index (κ3) is 6.07. The molecule has 26 heavy (non-hydrogen) atoms. The number of alkyl carbamates (subject to hydrolysis) is 1. The highest BCUT2D eigenvalue weighted by Crippen LogP contribution is 2.29. The van der Waals surface area contributed by atoms with E-state index in [0.717, 1.165) is 11.1 Å². The summed E-state index contributed by atoms with van der Waals surface area (Å²) in [5.74, 6) is -0.627. The molecule has 1 aliphatic rings. The lowest BCUT2D eigenvalue weighted by Gasteiger charge is -2.23. The van der Waals surface area contributed by atoms with Gasteiger partial charge in [0.1, 0.15) is 6.61 Å². The molecule has 0 aromatic heterocycles. The fourth-order valence-electron chi connectivity index (χ4n) is 2.71. The lowest BCUT2D eigenvalue weighted by atomic mass is 9.99. The summed E-state index contributed by atoms with van der Waals surface area (Å²) in [4.78, 5) is 14.7. The van der Waals surface area contributed by atoms with Crippen LogP contribution >= 0.6 is 0 Å². The molecule has 1 amide bonds. The van der Waals surface area contributed by atoms with Crippen LogP contribution in [0.4, 0.5) is 4.79 Å². The van der Waals surface area contributed by atoms with Gasteiger partial charge in [-0.1, -0.05) is 42.0 Å². The standard InChI is InChI=1S/C18H24N4O4/c1-4-9-24-17(23)21-16(10-15-12-25-18(2,3)26-15)14-7-5-13(6-8-14)11-20-22-19/h4-8,15-16H,1,9-12H2,2-3H3,(H,21,23)/t15-,16+/m1/s1. The van der Waals surface area contributed by atoms with Gasteiger partial charge in [0.25, 0.3) is 0 Å². The van der Waals surface area contributed by atoms with Crippen LogP contribution in [0.25, 0.3) is 10.4 Å². The minimum atomic E-state index is -0.627. The molecule has 1 saturated heterocycles. The Morgan fingerprint density at radius 3 is 2.85 bits per heavy atom. The smallest absolute Gasteiger partial charge is 0.407 e. The van der Waals surface area contributed by atoms with Gasteiger partial charge in [-0.15, -0.1) is 0 Å². The molecule has 0 radical (unpaired) electrons. The largest absolute Gasteiger partial charge is 0.445 e. The molecule has 0 aliphatic carbocycles. The lowest BCUT2D eigenvalue weighted by molar-refractivity contribution is -0.139. The molecule has 2 rings (SSSR count). The summed E-state index contributed by atoms with van der Waals surface area (Å²) >= 11 is 0. The van der Waals surface area contributed by atoms with Crippen molar-refractivity contribution in [3.63, 3.8) is 0 Å². The Bertz CT molecular complexity index is 668. The Hall–Kier alpha value is -2.54. The lowest BCUT2D eigenvalue weighted by Crippen LogP contribution is -2.32. The first-order chi connectivity index (χ1) is 12.4. The van der Waals surface area contributed by atoms with Crippen LogP contribution in [-0.2, 0) is 20.8 Å². The Labute approximate surface area is 152 Å². The first-order valence-electron chi connectivity index (χ1n) is 8.39. The van der Waals surface area contributed by atoms with Gasteiger partial charge in [0.15, 0.2) is 5.79 Å². The number of benzene rings is 1. The summed E-state index contributed by atoms with van der Waals surface area (Å²) in [6.07, 6.45) is 1.39. The van der Waals surface area contributed by atoms with Gasteiger partial charge in [-0.3, -0.25) is 0 Å². The van der Waals surface area contributed by atoms with E-state index >= 15 is 0 Å². The molecule has 1 aliphatic heterocycles. The minimum absolute atomic E-state index is 0.139. The quantitative estimate of drug-likeness (QED) is 0.327. The van der Waals surface area contributed by atoms with E-state index in [-0.39, 0.29) is 25.3 Å². The fourth-order valence-corrected chi connectivity index (χ4v) is 2.71. The summed E-state index contributed by atoms with van der Waals surface area (Å²) in [6, 6.07) is 7.21. The molecule has 1 fully saturated rings. The highest BCUT2D eigenvalue weighted by atomic mass is 16.7. The normalized spacial score (nSPS) is 19.2. The zero-order valence-electron chi connectivity index (χ0n) is 15.1. The molecule has 140 valence electrons. The predicted molar refractivity (Wildman–Crippen MR) is 96.2 cm³/mol. The molecule has 1 N–H and O–H groups in total. The maximum absolute atomic E-state index is 12.0. The monoisotopic (exact) mass is 360 g/mol. The maximum Gasteiger partial charge on any atom is 0.407 e. The Morgan fingerprint density at radius 2 is 2.27 bits per heavy atom. The SMILES string of the molecule is C=CCOC(=O)N[C@@H](C[C@@H]1COC(C)(C)O1)c1ccc(CN=[N+]=[N-])cc1. The van der Waals surface area contributed by atoms with Gasteiger partial charge < -0.3 is 19.5 Å². The van der Waals surface area contributed by atoms with Crippen LogP contribution in [-0.4, -0.2) is 31.2 Å². The van der Waals surface area contributed by atoms with E-state index in [1.54, 1.807) is 0 Å². The number of carbonyl (C=O) groups is 1. The van der Waals surface area contributed by atoms with Crippen molar-refractivity contribution in [2.45, 2.75) is 44.7 Å². The summed E-state index contributed by atoms with van der Waals surface area (Å²) in [5, 5.41) is 6.40.